The van der Waals surface area contributed by atoms with Crippen molar-refractivity contribution >= 4 is 17.3 Å². The van der Waals surface area contributed by atoms with Crippen molar-refractivity contribution in [3.8, 4) is 0 Å². The first kappa shape index (κ1) is 17.8. The minimum atomic E-state index is -4.47. The Morgan fingerprint density at radius 3 is 2.58 bits per heavy atom. The Kier molecular flexibility index (Phi) is 5.43. The van der Waals surface area contributed by atoms with Gasteiger partial charge in [0.25, 0.3) is 5.91 Å². The fourth-order valence-electron chi connectivity index (χ4n) is 2.03. The van der Waals surface area contributed by atoms with Crippen LogP contribution in [0.4, 0.5) is 24.5 Å². The summed E-state index contributed by atoms with van der Waals surface area (Å²) in [7, 11) is 0. The van der Waals surface area contributed by atoms with E-state index >= 15 is 0 Å². The summed E-state index contributed by atoms with van der Waals surface area (Å²) in [5.41, 5.74) is -0.278. The number of aromatic nitrogens is 1. The van der Waals surface area contributed by atoms with Gasteiger partial charge in [-0.25, -0.2) is 0 Å². The molecule has 0 saturated carbocycles. The molecule has 0 fully saturated rings. The Morgan fingerprint density at radius 2 is 1.92 bits per heavy atom. The van der Waals surface area contributed by atoms with Gasteiger partial charge in [0.15, 0.2) is 0 Å². The SMILES string of the molecule is CC(C)CNC(=O)c1cncc(Nc2ccccc2C(F)(F)F)c1. The topological polar surface area (TPSA) is 54.0 Å². The number of hydrogen-bond donors (Lipinski definition) is 2. The highest BCUT2D eigenvalue weighted by Crippen LogP contribution is 2.35. The molecule has 0 unspecified atom stereocenters. The fourth-order valence-corrected chi connectivity index (χ4v) is 2.03. The number of amides is 1. The summed E-state index contributed by atoms with van der Waals surface area (Å²) in [5.74, 6) is -0.0224. The van der Waals surface area contributed by atoms with Gasteiger partial charge >= 0.3 is 6.18 Å². The van der Waals surface area contributed by atoms with Crippen LogP contribution in [-0.4, -0.2) is 17.4 Å². The van der Waals surface area contributed by atoms with E-state index in [-0.39, 0.29) is 17.2 Å². The van der Waals surface area contributed by atoms with Crippen LogP contribution in [-0.2, 0) is 6.18 Å². The van der Waals surface area contributed by atoms with Crippen LogP contribution in [0.25, 0.3) is 0 Å². The zero-order valence-electron chi connectivity index (χ0n) is 13.3. The van der Waals surface area contributed by atoms with E-state index in [2.05, 4.69) is 15.6 Å². The van der Waals surface area contributed by atoms with Crippen LogP contribution in [0.5, 0.6) is 0 Å². The van der Waals surface area contributed by atoms with Crippen LogP contribution in [0.2, 0.25) is 0 Å². The van der Waals surface area contributed by atoms with Gasteiger partial charge in [0, 0.05) is 12.7 Å². The van der Waals surface area contributed by atoms with Gasteiger partial charge in [0.05, 0.1) is 28.7 Å². The molecule has 1 amide bonds. The molecule has 128 valence electrons. The molecule has 0 radical (unpaired) electrons. The summed E-state index contributed by atoms with van der Waals surface area (Å²) in [6.45, 7) is 4.43. The number of para-hydroxylation sites is 1. The van der Waals surface area contributed by atoms with Crippen LogP contribution >= 0.6 is 0 Å². The van der Waals surface area contributed by atoms with E-state index in [0.717, 1.165) is 6.07 Å². The second kappa shape index (κ2) is 7.33. The number of anilines is 2. The van der Waals surface area contributed by atoms with Gasteiger partial charge < -0.3 is 10.6 Å². The van der Waals surface area contributed by atoms with Crippen molar-refractivity contribution in [2.24, 2.45) is 5.92 Å². The standard InChI is InChI=1S/C17H18F3N3O/c1-11(2)8-22-16(24)12-7-13(10-21-9-12)23-15-6-4-3-5-14(15)17(18,19)20/h3-7,9-11,23H,8H2,1-2H3,(H,22,24). The van der Waals surface area contributed by atoms with E-state index in [4.69, 9.17) is 0 Å². The summed E-state index contributed by atoms with van der Waals surface area (Å²) in [6.07, 6.45) is -1.73. The molecule has 4 nitrogen and oxygen atoms in total. The number of hydrogen-bond acceptors (Lipinski definition) is 3. The first-order valence-corrected chi connectivity index (χ1v) is 7.44. The Labute approximate surface area is 138 Å². The fraction of sp³-hybridized carbons (Fsp3) is 0.294. The molecule has 0 aliphatic rings. The molecule has 2 N–H and O–H groups in total. The van der Waals surface area contributed by atoms with Crippen LogP contribution in [0.15, 0.2) is 42.7 Å². The minimum absolute atomic E-state index is 0.0912. The number of pyridine rings is 1. The van der Waals surface area contributed by atoms with Gasteiger partial charge in [-0.3, -0.25) is 9.78 Å². The molecule has 7 heteroatoms. The lowest BCUT2D eigenvalue weighted by atomic mass is 10.1. The largest absolute Gasteiger partial charge is 0.418 e. The lowest BCUT2D eigenvalue weighted by Gasteiger charge is -2.14. The molecule has 1 aromatic heterocycles. The molecular formula is C17H18F3N3O. The van der Waals surface area contributed by atoms with Gasteiger partial charge in [0.1, 0.15) is 0 Å². The van der Waals surface area contributed by atoms with Gasteiger partial charge in [0.2, 0.25) is 0 Å². The maximum Gasteiger partial charge on any atom is 0.418 e. The van der Waals surface area contributed by atoms with Crippen LogP contribution in [0.1, 0.15) is 29.8 Å². The van der Waals surface area contributed by atoms with Gasteiger partial charge in [-0.15, -0.1) is 0 Å². The van der Waals surface area contributed by atoms with Crippen molar-refractivity contribution in [1.29, 1.82) is 0 Å². The number of nitrogens with one attached hydrogen (secondary N) is 2. The molecule has 0 aliphatic carbocycles. The third-order valence-electron chi connectivity index (χ3n) is 3.18. The Bertz CT molecular complexity index is 714. The van der Waals surface area contributed by atoms with Gasteiger partial charge in [-0.2, -0.15) is 13.2 Å². The number of alkyl halides is 3. The Balaban J connectivity index is 2.20. The smallest absolute Gasteiger partial charge is 0.354 e. The summed E-state index contributed by atoms with van der Waals surface area (Å²) < 4.78 is 39.0. The highest BCUT2D eigenvalue weighted by molar-refractivity contribution is 5.94. The Hall–Kier alpha value is -2.57. The highest BCUT2D eigenvalue weighted by atomic mass is 19.4. The Morgan fingerprint density at radius 1 is 1.21 bits per heavy atom. The predicted octanol–water partition coefficient (Wildman–Crippen LogP) is 4.23. The average molecular weight is 337 g/mol. The first-order chi connectivity index (χ1) is 11.3. The van der Waals surface area contributed by atoms with Crippen LogP contribution in [0, 0.1) is 5.92 Å². The predicted molar refractivity (Wildman–Crippen MR) is 86.1 cm³/mol. The van der Waals surface area contributed by atoms with E-state index in [9.17, 15) is 18.0 Å². The normalized spacial score (nSPS) is 11.4. The molecule has 1 aromatic carbocycles. The molecule has 0 spiro atoms. The van der Waals surface area contributed by atoms with Crippen LogP contribution < -0.4 is 10.6 Å². The molecule has 0 atom stereocenters. The third kappa shape index (κ3) is 4.71. The summed E-state index contributed by atoms with van der Waals surface area (Å²) in [5, 5.41) is 5.42. The first-order valence-electron chi connectivity index (χ1n) is 7.44. The van der Waals surface area contributed by atoms with Crippen LogP contribution in [0.3, 0.4) is 0 Å². The minimum Gasteiger partial charge on any atom is -0.354 e. The molecule has 2 aromatic rings. The lowest BCUT2D eigenvalue weighted by Crippen LogP contribution is -2.27. The average Bonchev–Trinajstić information content (AvgIpc) is 2.52. The molecule has 0 bridgehead atoms. The van der Waals surface area contributed by atoms with Crippen molar-refractivity contribution in [3.63, 3.8) is 0 Å². The van der Waals surface area contributed by atoms with Crippen molar-refractivity contribution in [3.05, 3.63) is 53.9 Å². The molecule has 0 aliphatic heterocycles. The molecule has 0 saturated heterocycles. The summed E-state index contributed by atoms with van der Waals surface area (Å²) in [4.78, 5) is 15.9. The van der Waals surface area contributed by atoms with Gasteiger partial charge in [-0.1, -0.05) is 26.0 Å². The second-order valence-electron chi connectivity index (χ2n) is 5.73. The van der Waals surface area contributed by atoms with E-state index in [0.29, 0.717) is 18.2 Å². The van der Waals surface area contributed by atoms with E-state index in [1.807, 2.05) is 13.8 Å². The van der Waals surface area contributed by atoms with Crippen molar-refractivity contribution < 1.29 is 18.0 Å². The summed E-state index contributed by atoms with van der Waals surface area (Å²) >= 11 is 0. The number of carbonyl (C=O) groups is 1. The second-order valence-corrected chi connectivity index (χ2v) is 5.73. The third-order valence-corrected chi connectivity index (χ3v) is 3.18. The van der Waals surface area contributed by atoms with Crippen molar-refractivity contribution in [2.75, 3.05) is 11.9 Å². The number of nitrogens with zero attached hydrogens (tertiary/aromatic N) is 1. The lowest BCUT2D eigenvalue weighted by molar-refractivity contribution is -0.136. The zero-order valence-corrected chi connectivity index (χ0v) is 13.3. The monoisotopic (exact) mass is 337 g/mol. The van der Waals surface area contributed by atoms with E-state index in [1.54, 1.807) is 0 Å². The maximum atomic E-state index is 13.0. The molecular weight excluding hydrogens is 319 g/mol. The van der Waals surface area contributed by atoms with Crippen molar-refractivity contribution in [2.45, 2.75) is 20.0 Å². The van der Waals surface area contributed by atoms with Gasteiger partial charge in [-0.05, 0) is 24.1 Å². The number of halogens is 3. The van der Waals surface area contributed by atoms with E-state index in [1.165, 1.54) is 36.7 Å². The quantitative estimate of drug-likeness (QED) is 0.858. The number of benzene rings is 1. The zero-order chi connectivity index (χ0) is 17.7. The number of carbonyl (C=O) groups excluding carboxylic acids is 1. The number of rotatable bonds is 5. The van der Waals surface area contributed by atoms with Crippen molar-refractivity contribution in [1.82, 2.24) is 10.3 Å². The maximum absolute atomic E-state index is 13.0. The molecule has 1 heterocycles. The highest BCUT2D eigenvalue weighted by Gasteiger charge is 2.33. The van der Waals surface area contributed by atoms with E-state index < -0.39 is 11.7 Å². The molecule has 24 heavy (non-hydrogen) atoms. The molecule has 2 rings (SSSR count). The summed E-state index contributed by atoms with van der Waals surface area (Å²) in [6, 6.07) is 6.62.